The van der Waals surface area contributed by atoms with E-state index in [9.17, 15) is 4.79 Å². The van der Waals surface area contributed by atoms with Gasteiger partial charge in [0.25, 0.3) is 0 Å². The highest BCUT2D eigenvalue weighted by atomic mass is 16.5. The van der Waals surface area contributed by atoms with E-state index in [0.29, 0.717) is 0 Å². The number of hydrogen-bond acceptors (Lipinski definition) is 3. The average molecular weight is 361 g/mol. The molecule has 0 saturated carbocycles. The number of likely N-dealkylation sites (tertiary alicyclic amines) is 1. The summed E-state index contributed by atoms with van der Waals surface area (Å²) in [6.45, 7) is 6.33. The van der Waals surface area contributed by atoms with Gasteiger partial charge in [-0.15, -0.1) is 0 Å². The fourth-order valence-electron chi connectivity index (χ4n) is 3.12. The normalized spacial score (nSPS) is 17.5. The minimum absolute atomic E-state index is 0.0594. The molecule has 26 heavy (non-hydrogen) atoms. The van der Waals surface area contributed by atoms with Gasteiger partial charge >= 0.3 is 0 Å². The van der Waals surface area contributed by atoms with Crippen molar-refractivity contribution in [2.24, 2.45) is 10.9 Å². The van der Waals surface area contributed by atoms with Gasteiger partial charge in [0.1, 0.15) is 5.75 Å². The molecule has 144 valence electrons. The maximum absolute atomic E-state index is 12.1. The summed E-state index contributed by atoms with van der Waals surface area (Å²) in [5, 5.41) is 6.80. The van der Waals surface area contributed by atoms with E-state index in [1.807, 2.05) is 30.9 Å². The summed E-state index contributed by atoms with van der Waals surface area (Å²) < 4.78 is 5.18. The first-order chi connectivity index (χ1) is 12.5. The SMILES string of the molecule is CN=C(NCCCc1ccc(OC)cc1)NC1CCN(C(=O)C(C)C)C1. The molecule has 1 saturated heterocycles. The minimum atomic E-state index is 0.0594. The van der Waals surface area contributed by atoms with E-state index in [0.717, 1.165) is 50.6 Å². The first kappa shape index (κ1) is 20.1. The molecule has 2 N–H and O–H groups in total. The Kier molecular flexibility index (Phi) is 7.75. The van der Waals surface area contributed by atoms with Crippen LogP contribution >= 0.6 is 0 Å². The second kappa shape index (κ2) is 10.0. The summed E-state index contributed by atoms with van der Waals surface area (Å²) in [6.07, 6.45) is 2.99. The van der Waals surface area contributed by atoms with Gasteiger partial charge in [-0.05, 0) is 37.0 Å². The quantitative estimate of drug-likeness (QED) is 0.444. The molecule has 0 bridgehead atoms. The van der Waals surface area contributed by atoms with Gasteiger partial charge in [0, 0.05) is 38.6 Å². The number of aliphatic imine (C=N–C) groups is 1. The summed E-state index contributed by atoms with van der Waals surface area (Å²) >= 11 is 0. The zero-order chi connectivity index (χ0) is 18.9. The number of nitrogens with one attached hydrogen (secondary N) is 2. The van der Waals surface area contributed by atoms with E-state index < -0.39 is 0 Å². The molecule has 6 heteroatoms. The zero-order valence-corrected chi connectivity index (χ0v) is 16.4. The Morgan fingerprint density at radius 1 is 1.35 bits per heavy atom. The summed E-state index contributed by atoms with van der Waals surface area (Å²) in [6, 6.07) is 8.46. The Balaban J connectivity index is 1.68. The summed E-state index contributed by atoms with van der Waals surface area (Å²) in [7, 11) is 3.46. The Labute approximate surface area is 157 Å². The van der Waals surface area contributed by atoms with Gasteiger partial charge in [-0.3, -0.25) is 9.79 Å². The van der Waals surface area contributed by atoms with Crippen LogP contribution in [0.2, 0.25) is 0 Å². The smallest absolute Gasteiger partial charge is 0.225 e. The molecule has 1 amide bonds. The molecule has 1 aromatic carbocycles. The molecule has 1 aromatic rings. The zero-order valence-electron chi connectivity index (χ0n) is 16.4. The lowest BCUT2D eigenvalue weighted by atomic mass is 10.1. The highest BCUT2D eigenvalue weighted by Crippen LogP contribution is 2.13. The van der Waals surface area contributed by atoms with E-state index in [1.165, 1.54) is 5.56 Å². The van der Waals surface area contributed by atoms with Crippen molar-refractivity contribution in [3.05, 3.63) is 29.8 Å². The number of ether oxygens (including phenoxy) is 1. The van der Waals surface area contributed by atoms with Crippen LogP contribution in [0.1, 0.15) is 32.3 Å². The second-order valence-electron chi connectivity index (χ2n) is 7.02. The largest absolute Gasteiger partial charge is 0.497 e. The fraction of sp³-hybridized carbons (Fsp3) is 0.600. The molecule has 0 aliphatic carbocycles. The van der Waals surface area contributed by atoms with E-state index in [1.54, 1.807) is 14.2 Å². The molecular formula is C20H32N4O2. The fourth-order valence-corrected chi connectivity index (χ4v) is 3.12. The monoisotopic (exact) mass is 360 g/mol. The number of hydrogen-bond donors (Lipinski definition) is 2. The van der Waals surface area contributed by atoms with Crippen molar-refractivity contribution in [1.82, 2.24) is 15.5 Å². The first-order valence-electron chi connectivity index (χ1n) is 9.42. The van der Waals surface area contributed by atoms with E-state index in [-0.39, 0.29) is 17.9 Å². The molecule has 1 fully saturated rings. The third kappa shape index (κ3) is 5.93. The third-order valence-electron chi connectivity index (χ3n) is 4.65. The van der Waals surface area contributed by atoms with Crippen LogP contribution in [0.4, 0.5) is 0 Å². The summed E-state index contributed by atoms with van der Waals surface area (Å²) in [5.41, 5.74) is 1.30. The lowest BCUT2D eigenvalue weighted by Gasteiger charge is -2.20. The van der Waals surface area contributed by atoms with Gasteiger partial charge in [-0.25, -0.2) is 0 Å². The Morgan fingerprint density at radius 3 is 2.69 bits per heavy atom. The van der Waals surface area contributed by atoms with Gasteiger partial charge in [0.15, 0.2) is 5.96 Å². The first-order valence-corrected chi connectivity index (χ1v) is 9.42. The number of carbonyl (C=O) groups excluding carboxylic acids is 1. The minimum Gasteiger partial charge on any atom is -0.497 e. The van der Waals surface area contributed by atoms with E-state index >= 15 is 0 Å². The molecule has 0 radical (unpaired) electrons. The van der Waals surface area contributed by atoms with E-state index in [2.05, 4.69) is 27.8 Å². The van der Waals surface area contributed by atoms with Crippen LogP contribution in [-0.4, -0.2) is 56.6 Å². The summed E-state index contributed by atoms with van der Waals surface area (Å²) in [4.78, 5) is 18.3. The third-order valence-corrected chi connectivity index (χ3v) is 4.65. The number of nitrogens with zero attached hydrogens (tertiary/aromatic N) is 2. The van der Waals surface area contributed by atoms with Crippen LogP contribution < -0.4 is 15.4 Å². The molecule has 1 aliphatic rings. The van der Waals surface area contributed by atoms with Crippen molar-refractivity contribution in [1.29, 1.82) is 0 Å². The molecule has 6 nitrogen and oxygen atoms in total. The number of benzene rings is 1. The van der Waals surface area contributed by atoms with Crippen LogP contribution in [0.3, 0.4) is 0 Å². The second-order valence-corrected chi connectivity index (χ2v) is 7.02. The van der Waals surface area contributed by atoms with Gasteiger partial charge in [0.05, 0.1) is 7.11 Å². The van der Waals surface area contributed by atoms with Crippen molar-refractivity contribution >= 4 is 11.9 Å². The molecule has 1 unspecified atom stereocenters. The number of aryl methyl sites for hydroxylation is 1. The Bertz CT molecular complexity index is 598. The standard InChI is InChI=1S/C20H32N4O2/c1-15(2)19(25)24-13-11-17(14-24)23-20(21-3)22-12-5-6-16-7-9-18(26-4)10-8-16/h7-10,15,17H,5-6,11-14H2,1-4H3,(H2,21,22,23). The molecular weight excluding hydrogens is 328 g/mol. The van der Waals surface area contributed by atoms with Crippen molar-refractivity contribution in [3.63, 3.8) is 0 Å². The predicted octanol–water partition coefficient (Wildman–Crippen LogP) is 2.05. The van der Waals surface area contributed by atoms with E-state index in [4.69, 9.17) is 4.74 Å². The average Bonchev–Trinajstić information content (AvgIpc) is 3.12. The van der Waals surface area contributed by atoms with Crippen molar-refractivity contribution in [2.75, 3.05) is 33.8 Å². The lowest BCUT2D eigenvalue weighted by molar-refractivity contribution is -0.133. The number of methoxy groups -OCH3 is 1. The van der Waals surface area contributed by atoms with Crippen LogP contribution in [0.15, 0.2) is 29.3 Å². The molecule has 0 aromatic heterocycles. The molecule has 2 rings (SSSR count). The van der Waals surface area contributed by atoms with Crippen LogP contribution in [0, 0.1) is 5.92 Å². The van der Waals surface area contributed by atoms with Crippen molar-refractivity contribution < 1.29 is 9.53 Å². The van der Waals surface area contributed by atoms with Gasteiger partial charge in [-0.2, -0.15) is 0 Å². The molecule has 1 aliphatic heterocycles. The van der Waals surface area contributed by atoms with Gasteiger partial charge in [-0.1, -0.05) is 26.0 Å². The Morgan fingerprint density at radius 2 is 2.08 bits per heavy atom. The lowest BCUT2D eigenvalue weighted by Crippen LogP contribution is -2.45. The van der Waals surface area contributed by atoms with Crippen molar-refractivity contribution in [3.8, 4) is 5.75 Å². The maximum Gasteiger partial charge on any atom is 0.225 e. The molecule has 0 spiro atoms. The van der Waals surface area contributed by atoms with Gasteiger partial charge in [0.2, 0.25) is 5.91 Å². The molecule has 1 heterocycles. The molecule has 1 atom stereocenters. The highest BCUT2D eigenvalue weighted by Gasteiger charge is 2.27. The number of rotatable bonds is 7. The van der Waals surface area contributed by atoms with Crippen LogP contribution in [0.5, 0.6) is 5.75 Å². The van der Waals surface area contributed by atoms with Gasteiger partial charge < -0.3 is 20.3 Å². The predicted molar refractivity (Wildman–Crippen MR) is 106 cm³/mol. The number of amides is 1. The Hall–Kier alpha value is -2.24. The number of carbonyl (C=O) groups is 1. The summed E-state index contributed by atoms with van der Waals surface area (Å²) in [5.74, 6) is 1.99. The number of guanidine groups is 1. The van der Waals surface area contributed by atoms with Crippen LogP contribution in [-0.2, 0) is 11.2 Å². The van der Waals surface area contributed by atoms with Crippen LogP contribution in [0.25, 0.3) is 0 Å². The van der Waals surface area contributed by atoms with Crippen molar-refractivity contribution in [2.45, 2.75) is 39.2 Å². The maximum atomic E-state index is 12.1. The topological polar surface area (TPSA) is 66.0 Å². The highest BCUT2D eigenvalue weighted by molar-refractivity contribution is 5.81.